The van der Waals surface area contributed by atoms with Crippen LogP contribution in [0.2, 0.25) is 10.0 Å². The number of halogens is 5. The first kappa shape index (κ1) is 30.3. The minimum atomic E-state index is -4.68. The summed E-state index contributed by atoms with van der Waals surface area (Å²) in [5, 5.41) is 2.99. The van der Waals surface area contributed by atoms with Crippen LogP contribution in [0.4, 0.5) is 13.2 Å². The molecule has 3 heterocycles. The standard InChI is InChI=1S/C27H27Cl2F3N6O3/c1-13-8-20(33)17(11-37(13)25(40)16-4-5-18(28)19(29)9-16)23-26(41)38(12-21(36-23)24(39)34-3)14(2)15-6-7-35-22(10-15)27(30,31)32/h4-7,9-10,13-14,21H,8,11-12,33H2,1-3H3,(H,34,39)/t13-,14+,21+/m1/s1. The molecule has 3 amide bonds. The number of nitrogens with zero attached hydrogens (tertiary/aromatic N) is 4. The molecule has 0 fully saturated rings. The van der Waals surface area contributed by atoms with Crippen molar-refractivity contribution < 1.29 is 27.6 Å². The predicted molar refractivity (Wildman–Crippen MR) is 147 cm³/mol. The van der Waals surface area contributed by atoms with Gasteiger partial charge in [-0.1, -0.05) is 23.2 Å². The number of aromatic nitrogens is 1. The molecule has 0 spiro atoms. The molecule has 1 aromatic heterocycles. The summed E-state index contributed by atoms with van der Waals surface area (Å²) >= 11 is 12.1. The molecule has 2 aliphatic heterocycles. The number of nitrogens with two attached hydrogens (primary N) is 1. The van der Waals surface area contributed by atoms with Gasteiger partial charge in [-0.05, 0) is 49.7 Å². The number of hydrogen-bond donors (Lipinski definition) is 2. The summed E-state index contributed by atoms with van der Waals surface area (Å²) in [5.41, 5.74) is 6.18. The third-order valence-corrected chi connectivity index (χ3v) is 7.91. The van der Waals surface area contributed by atoms with E-state index in [-0.39, 0.29) is 63.9 Å². The Balaban J connectivity index is 1.70. The normalized spacial score (nSPS) is 20.6. The number of hydrogen-bond acceptors (Lipinski definition) is 6. The lowest BCUT2D eigenvalue weighted by molar-refractivity contribution is -0.141. The summed E-state index contributed by atoms with van der Waals surface area (Å²) in [5.74, 6) is -1.50. The zero-order valence-corrected chi connectivity index (χ0v) is 23.8. The highest BCUT2D eigenvalue weighted by molar-refractivity contribution is 6.46. The smallest absolute Gasteiger partial charge is 0.402 e. The summed E-state index contributed by atoms with van der Waals surface area (Å²) in [6, 6.07) is 4.44. The van der Waals surface area contributed by atoms with Crippen LogP contribution < -0.4 is 11.1 Å². The molecule has 3 N–H and O–H groups in total. The minimum Gasteiger partial charge on any atom is -0.402 e. The van der Waals surface area contributed by atoms with E-state index < -0.39 is 35.8 Å². The van der Waals surface area contributed by atoms with Crippen molar-refractivity contribution in [2.45, 2.75) is 44.6 Å². The van der Waals surface area contributed by atoms with Gasteiger partial charge in [0.15, 0.2) is 0 Å². The first-order valence-corrected chi connectivity index (χ1v) is 13.4. The topological polar surface area (TPSA) is 121 Å². The van der Waals surface area contributed by atoms with Crippen LogP contribution in [-0.4, -0.2) is 70.4 Å². The van der Waals surface area contributed by atoms with Crippen molar-refractivity contribution in [2.24, 2.45) is 10.7 Å². The lowest BCUT2D eigenvalue weighted by Crippen LogP contribution is -2.54. The Bertz CT molecular complexity index is 1460. The summed E-state index contributed by atoms with van der Waals surface area (Å²) in [4.78, 5) is 50.6. The third-order valence-electron chi connectivity index (χ3n) is 7.17. The highest BCUT2D eigenvalue weighted by Gasteiger charge is 2.40. The Hall–Kier alpha value is -3.64. The second kappa shape index (κ2) is 11.7. The predicted octanol–water partition coefficient (Wildman–Crippen LogP) is 4.01. The Morgan fingerprint density at radius 3 is 2.51 bits per heavy atom. The average molecular weight is 611 g/mol. The lowest BCUT2D eigenvalue weighted by Gasteiger charge is -2.39. The zero-order valence-electron chi connectivity index (χ0n) is 22.3. The summed E-state index contributed by atoms with van der Waals surface area (Å²) < 4.78 is 40.0. The molecular weight excluding hydrogens is 584 g/mol. The average Bonchev–Trinajstić information content (AvgIpc) is 2.93. The van der Waals surface area contributed by atoms with Crippen LogP contribution in [0.5, 0.6) is 0 Å². The SMILES string of the molecule is CNC(=O)[C@@H]1CN([C@@H](C)c2ccnc(C(F)(F)F)c2)C(=O)C(C2=C(N)C[C@@H](C)N(C(=O)c3ccc(Cl)c(Cl)c3)C2)=N1. The Labute approximate surface area is 244 Å². The molecule has 2 aliphatic rings. The van der Waals surface area contributed by atoms with Crippen molar-refractivity contribution in [1.82, 2.24) is 20.1 Å². The number of benzene rings is 1. The highest BCUT2D eigenvalue weighted by atomic mass is 35.5. The molecule has 0 saturated carbocycles. The van der Waals surface area contributed by atoms with Gasteiger partial charge >= 0.3 is 6.18 Å². The molecule has 1 aromatic carbocycles. The van der Waals surface area contributed by atoms with Crippen LogP contribution in [0.1, 0.15) is 47.9 Å². The molecule has 0 aliphatic carbocycles. The largest absolute Gasteiger partial charge is 0.433 e. The molecule has 41 heavy (non-hydrogen) atoms. The number of nitrogens with one attached hydrogen (secondary N) is 1. The third kappa shape index (κ3) is 6.18. The quantitative estimate of drug-likeness (QED) is 0.530. The van der Waals surface area contributed by atoms with Crippen molar-refractivity contribution in [2.75, 3.05) is 20.1 Å². The molecule has 218 valence electrons. The number of rotatable bonds is 5. The lowest BCUT2D eigenvalue weighted by atomic mass is 9.93. The van der Waals surface area contributed by atoms with Gasteiger partial charge in [0.05, 0.1) is 29.2 Å². The van der Waals surface area contributed by atoms with Gasteiger partial charge < -0.3 is 20.9 Å². The van der Waals surface area contributed by atoms with Gasteiger partial charge in [-0.15, -0.1) is 0 Å². The summed E-state index contributed by atoms with van der Waals surface area (Å²) in [6.45, 7) is 3.08. The van der Waals surface area contributed by atoms with Crippen LogP contribution >= 0.6 is 23.2 Å². The molecule has 2 aromatic rings. The number of pyridine rings is 1. The van der Waals surface area contributed by atoms with Crippen LogP contribution in [0.15, 0.2) is 52.8 Å². The second-order valence-corrected chi connectivity index (χ2v) is 10.6. The maximum Gasteiger partial charge on any atom is 0.433 e. The van der Waals surface area contributed by atoms with Gasteiger partial charge in [0, 0.05) is 42.5 Å². The fourth-order valence-electron chi connectivity index (χ4n) is 4.82. The number of amides is 3. The molecule has 0 unspecified atom stereocenters. The van der Waals surface area contributed by atoms with E-state index in [2.05, 4.69) is 15.3 Å². The van der Waals surface area contributed by atoms with Crippen LogP contribution in [-0.2, 0) is 15.8 Å². The van der Waals surface area contributed by atoms with Gasteiger partial charge in [0.1, 0.15) is 17.4 Å². The monoisotopic (exact) mass is 610 g/mol. The molecule has 4 rings (SSSR count). The van der Waals surface area contributed by atoms with Crippen LogP contribution in [0.3, 0.4) is 0 Å². The van der Waals surface area contributed by atoms with Crippen molar-refractivity contribution in [1.29, 1.82) is 0 Å². The maximum atomic E-state index is 13.8. The van der Waals surface area contributed by atoms with E-state index >= 15 is 0 Å². The summed E-state index contributed by atoms with van der Waals surface area (Å²) in [7, 11) is 1.41. The van der Waals surface area contributed by atoms with E-state index in [1.807, 2.05) is 0 Å². The van der Waals surface area contributed by atoms with Crippen molar-refractivity contribution in [3.8, 4) is 0 Å². The van der Waals surface area contributed by atoms with Gasteiger partial charge in [0.25, 0.3) is 11.8 Å². The number of aliphatic imine (C=N–C) groups is 1. The maximum absolute atomic E-state index is 13.8. The molecule has 3 atom stereocenters. The van der Waals surface area contributed by atoms with Crippen molar-refractivity contribution in [3.05, 3.63) is 74.7 Å². The van der Waals surface area contributed by atoms with Crippen molar-refractivity contribution >= 4 is 46.6 Å². The molecule has 0 saturated heterocycles. The molecule has 0 radical (unpaired) electrons. The van der Waals surface area contributed by atoms with E-state index in [4.69, 9.17) is 28.9 Å². The van der Waals surface area contributed by atoms with Crippen molar-refractivity contribution in [3.63, 3.8) is 0 Å². The summed E-state index contributed by atoms with van der Waals surface area (Å²) in [6.07, 6.45) is -3.45. The van der Waals surface area contributed by atoms with Gasteiger partial charge in [-0.25, -0.2) is 0 Å². The van der Waals surface area contributed by atoms with Gasteiger partial charge in [-0.2, -0.15) is 13.2 Å². The minimum absolute atomic E-state index is 0.0905. The fourth-order valence-corrected chi connectivity index (χ4v) is 5.12. The van der Waals surface area contributed by atoms with Gasteiger partial charge in [-0.3, -0.25) is 24.4 Å². The van der Waals surface area contributed by atoms with Crippen LogP contribution in [0.25, 0.3) is 0 Å². The Morgan fingerprint density at radius 1 is 1.17 bits per heavy atom. The first-order chi connectivity index (χ1) is 19.2. The number of likely N-dealkylation sites (N-methyl/N-ethyl adjacent to an activating group) is 1. The van der Waals surface area contributed by atoms with E-state index in [9.17, 15) is 27.6 Å². The molecule has 0 bridgehead atoms. The zero-order chi connectivity index (χ0) is 30.2. The molecular formula is C27H27Cl2F3N6O3. The fraction of sp³-hybridized carbons (Fsp3) is 0.370. The van der Waals surface area contributed by atoms with Gasteiger partial charge in [0.2, 0.25) is 5.91 Å². The van der Waals surface area contributed by atoms with E-state index in [0.29, 0.717) is 5.70 Å². The number of carbonyl (C=O) groups excluding carboxylic acids is 3. The number of carbonyl (C=O) groups is 3. The second-order valence-electron chi connectivity index (χ2n) is 9.83. The van der Waals surface area contributed by atoms with E-state index in [1.165, 1.54) is 41.1 Å². The Kier molecular flexibility index (Phi) is 8.65. The first-order valence-electron chi connectivity index (χ1n) is 12.6. The number of alkyl halides is 3. The Morgan fingerprint density at radius 2 is 1.88 bits per heavy atom. The van der Waals surface area contributed by atoms with Crippen LogP contribution in [0, 0.1) is 0 Å². The molecule has 9 nitrogen and oxygen atoms in total. The molecule has 14 heteroatoms. The van der Waals surface area contributed by atoms with E-state index in [1.54, 1.807) is 13.8 Å². The van der Waals surface area contributed by atoms with E-state index in [0.717, 1.165) is 12.3 Å². The highest BCUT2D eigenvalue weighted by Crippen LogP contribution is 2.33.